The van der Waals surface area contributed by atoms with Crippen LogP contribution in [0.4, 0.5) is 5.69 Å². The molecule has 5 nitrogen and oxygen atoms in total. The van der Waals surface area contributed by atoms with Gasteiger partial charge in [0.25, 0.3) is 0 Å². The van der Waals surface area contributed by atoms with Crippen molar-refractivity contribution in [2.24, 2.45) is 0 Å². The number of amides is 1. The SMILES string of the molecule is C[C@@H]1CNCCN1CC(=O)Nc1ccc(C#N)cc1. The minimum absolute atomic E-state index is 0.0153. The van der Waals surface area contributed by atoms with Gasteiger partial charge in [-0.2, -0.15) is 5.26 Å². The molecule has 1 aliphatic rings. The van der Waals surface area contributed by atoms with Crippen LogP contribution in [0.1, 0.15) is 12.5 Å². The fourth-order valence-electron chi connectivity index (χ4n) is 2.13. The highest BCUT2D eigenvalue weighted by Crippen LogP contribution is 2.09. The van der Waals surface area contributed by atoms with Crippen molar-refractivity contribution in [3.63, 3.8) is 0 Å². The van der Waals surface area contributed by atoms with Gasteiger partial charge in [0.05, 0.1) is 18.2 Å². The van der Waals surface area contributed by atoms with Crippen molar-refractivity contribution < 1.29 is 4.79 Å². The Balaban J connectivity index is 1.88. The molecule has 1 aliphatic heterocycles. The van der Waals surface area contributed by atoms with Gasteiger partial charge in [0.2, 0.25) is 5.91 Å². The summed E-state index contributed by atoms with van der Waals surface area (Å²) in [7, 11) is 0. The van der Waals surface area contributed by atoms with Crippen molar-refractivity contribution in [3.8, 4) is 6.07 Å². The third-order valence-corrected chi connectivity index (χ3v) is 3.28. The summed E-state index contributed by atoms with van der Waals surface area (Å²) >= 11 is 0. The molecule has 1 atom stereocenters. The Labute approximate surface area is 113 Å². The standard InChI is InChI=1S/C14H18N4O/c1-11-9-16-6-7-18(11)10-14(19)17-13-4-2-12(8-15)3-5-13/h2-5,11,16H,6-7,9-10H2,1H3,(H,17,19)/t11-/m1/s1. The number of carbonyl (C=O) groups is 1. The molecule has 100 valence electrons. The molecule has 2 N–H and O–H groups in total. The molecule has 0 spiro atoms. The summed E-state index contributed by atoms with van der Waals surface area (Å²) in [4.78, 5) is 14.1. The normalized spacial score (nSPS) is 19.7. The number of benzene rings is 1. The number of hydrogen-bond acceptors (Lipinski definition) is 4. The van der Waals surface area contributed by atoms with E-state index >= 15 is 0 Å². The van der Waals surface area contributed by atoms with Crippen LogP contribution in [0.3, 0.4) is 0 Å². The molecule has 1 saturated heterocycles. The van der Waals surface area contributed by atoms with Gasteiger partial charge in [-0.1, -0.05) is 0 Å². The highest BCUT2D eigenvalue weighted by molar-refractivity contribution is 5.92. The van der Waals surface area contributed by atoms with Crippen molar-refractivity contribution in [1.29, 1.82) is 5.26 Å². The molecule has 1 amide bonds. The average Bonchev–Trinajstić information content (AvgIpc) is 2.42. The first-order valence-corrected chi connectivity index (χ1v) is 6.44. The van der Waals surface area contributed by atoms with E-state index < -0.39 is 0 Å². The lowest BCUT2D eigenvalue weighted by atomic mass is 10.2. The van der Waals surface area contributed by atoms with Gasteiger partial charge < -0.3 is 10.6 Å². The zero-order valence-corrected chi connectivity index (χ0v) is 11.0. The van der Waals surface area contributed by atoms with E-state index in [1.807, 2.05) is 0 Å². The Morgan fingerprint density at radius 1 is 1.53 bits per heavy atom. The zero-order valence-electron chi connectivity index (χ0n) is 11.0. The summed E-state index contributed by atoms with van der Waals surface area (Å²) in [5, 5.41) is 14.9. The maximum Gasteiger partial charge on any atom is 0.238 e. The number of carbonyl (C=O) groups excluding carboxylic acids is 1. The first-order valence-electron chi connectivity index (χ1n) is 6.44. The first kappa shape index (κ1) is 13.5. The van der Waals surface area contributed by atoms with Crippen molar-refractivity contribution in [3.05, 3.63) is 29.8 Å². The van der Waals surface area contributed by atoms with Crippen LogP contribution < -0.4 is 10.6 Å². The second-order valence-electron chi connectivity index (χ2n) is 4.76. The summed E-state index contributed by atoms with van der Waals surface area (Å²) in [5.74, 6) is -0.0153. The molecule has 1 heterocycles. The Bertz CT molecular complexity index is 477. The van der Waals surface area contributed by atoms with E-state index in [1.54, 1.807) is 24.3 Å². The van der Waals surface area contributed by atoms with Gasteiger partial charge in [-0.25, -0.2) is 0 Å². The third-order valence-electron chi connectivity index (χ3n) is 3.28. The minimum atomic E-state index is -0.0153. The smallest absolute Gasteiger partial charge is 0.238 e. The monoisotopic (exact) mass is 258 g/mol. The predicted molar refractivity (Wildman–Crippen MR) is 73.7 cm³/mol. The fourth-order valence-corrected chi connectivity index (χ4v) is 2.13. The van der Waals surface area contributed by atoms with E-state index in [4.69, 9.17) is 5.26 Å². The van der Waals surface area contributed by atoms with Crippen LogP contribution in [-0.2, 0) is 4.79 Å². The van der Waals surface area contributed by atoms with Crippen LogP contribution in [0.25, 0.3) is 0 Å². The molecule has 0 radical (unpaired) electrons. The lowest BCUT2D eigenvalue weighted by molar-refractivity contribution is -0.118. The summed E-state index contributed by atoms with van der Waals surface area (Å²) in [5.41, 5.74) is 1.32. The summed E-state index contributed by atoms with van der Waals surface area (Å²) in [6, 6.07) is 9.32. The van der Waals surface area contributed by atoms with E-state index in [0.717, 1.165) is 25.3 Å². The molecular weight excluding hydrogens is 240 g/mol. The second-order valence-corrected chi connectivity index (χ2v) is 4.76. The van der Waals surface area contributed by atoms with Gasteiger partial charge >= 0.3 is 0 Å². The Morgan fingerprint density at radius 3 is 2.89 bits per heavy atom. The number of rotatable bonds is 3. The van der Waals surface area contributed by atoms with Gasteiger partial charge in [-0.05, 0) is 31.2 Å². The van der Waals surface area contributed by atoms with E-state index in [1.165, 1.54) is 0 Å². The van der Waals surface area contributed by atoms with Crippen molar-refractivity contribution in [2.75, 3.05) is 31.5 Å². The molecule has 0 saturated carbocycles. The van der Waals surface area contributed by atoms with Crippen LogP contribution in [0.15, 0.2) is 24.3 Å². The Kier molecular flexibility index (Phi) is 4.50. The largest absolute Gasteiger partial charge is 0.325 e. The molecule has 5 heteroatoms. The van der Waals surface area contributed by atoms with Gasteiger partial charge in [0.1, 0.15) is 0 Å². The zero-order chi connectivity index (χ0) is 13.7. The highest BCUT2D eigenvalue weighted by Gasteiger charge is 2.20. The predicted octanol–water partition coefficient (Wildman–Crippen LogP) is 0.790. The Morgan fingerprint density at radius 2 is 2.26 bits per heavy atom. The number of hydrogen-bond donors (Lipinski definition) is 2. The van der Waals surface area contributed by atoms with Gasteiger partial charge in [-0.15, -0.1) is 0 Å². The number of nitrogens with one attached hydrogen (secondary N) is 2. The summed E-state index contributed by atoms with van der Waals surface area (Å²) < 4.78 is 0. The van der Waals surface area contributed by atoms with Gasteiger partial charge in [0, 0.05) is 31.4 Å². The van der Waals surface area contributed by atoms with E-state index in [-0.39, 0.29) is 5.91 Å². The molecule has 2 rings (SSSR count). The van der Waals surface area contributed by atoms with E-state index in [0.29, 0.717) is 18.2 Å². The van der Waals surface area contributed by atoms with E-state index in [9.17, 15) is 4.79 Å². The quantitative estimate of drug-likeness (QED) is 0.841. The molecule has 1 aromatic rings. The third kappa shape index (κ3) is 3.78. The highest BCUT2D eigenvalue weighted by atomic mass is 16.2. The van der Waals surface area contributed by atoms with Crippen LogP contribution in [0, 0.1) is 11.3 Å². The lowest BCUT2D eigenvalue weighted by Gasteiger charge is -2.33. The number of nitrogens with zero attached hydrogens (tertiary/aromatic N) is 2. The maximum atomic E-state index is 11.9. The summed E-state index contributed by atoms with van der Waals surface area (Å²) in [6.45, 7) is 5.25. The lowest BCUT2D eigenvalue weighted by Crippen LogP contribution is -2.51. The number of anilines is 1. The molecule has 0 unspecified atom stereocenters. The molecule has 0 bridgehead atoms. The molecule has 1 aromatic carbocycles. The molecule has 0 aromatic heterocycles. The molecule has 1 fully saturated rings. The molecule has 0 aliphatic carbocycles. The minimum Gasteiger partial charge on any atom is -0.325 e. The Hall–Kier alpha value is -1.90. The van der Waals surface area contributed by atoms with Crippen molar-refractivity contribution in [2.45, 2.75) is 13.0 Å². The van der Waals surface area contributed by atoms with Crippen molar-refractivity contribution >= 4 is 11.6 Å². The van der Waals surface area contributed by atoms with Crippen molar-refractivity contribution in [1.82, 2.24) is 10.2 Å². The van der Waals surface area contributed by atoms with Gasteiger partial charge in [0.15, 0.2) is 0 Å². The maximum absolute atomic E-state index is 11.9. The average molecular weight is 258 g/mol. The van der Waals surface area contributed by atoms with E-state index in [2.05, 4.69) is 28.5 Å². The van der Waals surface area contributed by atoms with Gasteiger partial charge in [-0.3, -0.25) is 9.69 Å². The van der Waals surface area contributed by atoms with Crippen LogP contribution in [-0.4, -0.2) is 43.0 Å². The molecular formula is C14H18N4O. The fraction of sp³-hybridized carbons (Fsp3) is 0.429. The van der Waals surface area contributed by atoms with Crippen LogP contribution >= 0.6 is 0 Å². The number of nitriles is 1. The second kappa shape index (κ2) is 6.32. The van der Waals surface area contributed by atoms with Crippen LogP contribution in [0.2, 0.25) is 0 Å². The number of piperazine rings is 1. The van der Waals surface area contributed by atoms with Crippen LogP contribution in [0.5, 0.6) is 0 Å². The molecule has 19 heavy (non-hydrogen) atoms. The summed E-state index contributed by atoms with van der Waals surface area (Å²) in [6.07, 6.45) is 0. The first-order chi connectivity index (χ1) is 9.19. The topological polar surface area (TPSA) is 68.2 Å².